The van der Waals surface area contributed by atoms with Gasteiger partial charge in [-0.2, -0.15) is 5.26 Å². The summed E-state index contributed by atoms with van der Waals surface area (Å²) in [4.78, 5) is 28.8. The van der Waals surface area contributed by atoms with Gasteiger partial charge in [0.05, 0.1) is 29.2 Å². The minimum Gasteiger partial charge on any atom is -0.274 e. The van der Waals surface area contributed by atoms with Crippen LogP contribution in [0.15, 0.2) is 72.8 Å². The van der Waals surface area contributed by atoms with Crippen molar-refractivity contribution in [2.45, 2.75) is 18.3 Å². The highest BCUT2D eigenvalue weighted by Gasteiger charge is 2.66. The van der Waals surface area contributed by atoms with Crippen molar-refractivity contribution in [3.05, 3.63) is 101 Å². The Bertz CT molecular complexity index is 1240. The van der Waals surface area contributed by atoms with Crippen LogP contribution in [0.1, 0.15) is 40.7 Å². The smallest absolute Gasteiger partial charge is 0.238 e. The number of imide groups is 1. The molecule has 0 unspecified atom stereocenters. The lowest BCUT2D eigenvalue weighted by atomic mass is 9.48. The van der Waals surface area contributed by atoms with Gasteiger partial charge in [-0.15, -0.1) is 0 Å². The van der Waals surface area contributed by atoms with E-state index in [9.17, 15) is 9.59 Å². The van der Waals surface area contributed by atoms with Gasteiger partial charge in [0.25, 0.3) is 0 Å². The Morgan fingerprint density at radius 1 is 0.833 bits per heavy atom. The first kappa shape index (κ1) is 17.2. The van der Waals surface area contributed by atoms with Crippen molar-refractivity contribution in [3.63, 3.8) is 0 Å². The maximum atomic E-state index is 13.8. The standard InChI is InChI=1S/C26H18N2O2/c1-26-19-8-4-2-6-17(19)21(18-7-3-5-9-20(18)26)22-23(26)25(30)28(24(22)29)16-12-10-15(14-27)11-13-16/h2-13,21-23H,1H3/t21?,22-,23+,26?/m1/s1. The number of nitrogens with zero attached hydrogens (tertiary/aromatic N) is 2. The number of nitriles is 1. The SMILES string of the molecule is CC12c3ccccc3C(c3ccccc31)[C@H]1C(=O)N(c3ccc(C#N)cc3)C(=O)[C@H]12. The van der Waals surface area contributed by atoms with Gasteiger partial charge in [-0.3, -0.25) is 9.59 Å². The molecule has 0 N–H and O–H groups in total. The number of benzene rings is 3. The summed E-state index contributed by atoms with van der Waals surface area (Å²) in [5, 5.41) is 9.08. The molecule has 1 saturated heterocycles. The van der Waals surface area contributed by atoms with Crippen LogP contribution >= 0.6 is 0 Å². The molecule has 0 aromatic heterocycles. The van der Waals surface area contributed by atoms with E-state index in [1.807, 2.05) is 24.3 Å². The van der Waals surface area contributed by atoms with Crippen LogP contribution in [0.25, 0.3) is 0 Å². The molecule has 0 radical (unpaired) electrons. The highest BCUT2D eigenvalue weighted by atomic mass is 16.2. The predicted molar refractivity (Wildman–Crippen MR) is 112 cm³/mol. The second-order valence-corrected chi connectivity index (χ2v) is 8.53. The van der Waals surface area contributed by atoms with Gasteiger partial charge in [-0.25, -0.2) is 4.90 Å². The summed E-state index contributed by atoms with van der Waals surface area (Å²) in [7, 11) is 0. The Labute approximate surface area is 174 Å². The number of rotatable bonds is 1. The maximum absolute atomic E-state index is 13.8. The molecule has 7 rings (SSSR count). The normalized spacial score (nSPS) is 28.0. The lowest BCUT2D eigenvalue weighted by molar-refractivity contribution is -0.123. The van der Waals surface area contributed by atoms with Gasteiger partial charge >= 0.3 is 0 Å². The lowest BCUT2D eigenvalue weighted by Gasteiger charge is -2.52. The molecule has 1 heterocycles. The third-order valence-corrected chi connectivity index (χ3v) is 7.30. The summed E-state index contributed by atoms with van der Waals surface area (Å²) in [6.45, 7) is 2.12. The molecule has 0 spiro atoms. The zero-order chi connectivity index (χ0) is 20.6. The Kier molecular flexibility index (Phi) is 3.25. The zero-order valence-electron chi connectivity index (χ0n) is 16.4. The van der Waals surface area contributed by atoms with E-state index in [4.69, 9.17) is 5.26 Å². The van der Waals surface area contributed by atoms with Crippen LogP contribution in [0.3, 0.4) is 0 Å². The predicted octanol–water partition coefficient (Wildman–Crippen LogP) is 4.13. The van der Waals surface area contributed by atoms with Gasteiger partial charge < -0.3 is 0 Å². The Morgan fingerprint density at radius 2 is 1.40 bits per heavy atom. The fraction of sp³-hybridized carbons (Fsp3) is 0.192. The van der Waals surface area contributed by atoms with E-state index in [-0.39, 0.29) is 17.7 Å². The van der Waals surface area contributed by atoms with Crippen LogP contribution in [-0.4, -0.2) is 11.8 Å². The molecule has 3 aliphatic carbocycles. The molecular formula is C26H18N2O2. The third kappa shape index (κ3) is 1.85. The molecule has 1 fully saturated rings. The topological polar surface area (TPSA) is 61.2 Å². The van der Waals surface area contributed by atoms with Crippen LogP contribution in [0, 0.1) is 23.2 Å². The Hall–Kier alpha value is -3.71. The molecule has 0 saturated carbocycles. The molecule has 30 heavy (non-hydrogen) atoms. The number of anilines is 1. The first-order chi connectivity index (χ1) is 14.6. The molecule has 2 amide bonds. The number of carbonyl (C=O) groups excluding carboxylic acids is 2. The monoisotopic (exact) mass is 390 g/mol. The zero-order valence-corrected chi connectivity index (χ0v) is 16.4. The van der Waals surface area contributed by atoms with Gasteiger partial charge in [-0.1, -0.05) is 55.5 Å². The second-order valence-electron chi connectivity index (χ2n) is 8.53. The minimum atomic E-state index is -0.555. The average Bonchev–Trinajstić information content (AvgIpc) is 3.06. The van der Waals surface area contributed by atoms with Crippen LogP contribution in [-0.2, 0) is 15.0 Å². The summed E-state index contributed by atoms with van der Waals surface area (Å²) in [6, 6.07) is 25.2. The van der Waals surface area contributed by atoms with E-state index in [2.05, 4.69) is 37.3 Å². The van der Waals surface area contributed by atoms with E-state index in [0.717, 1.165) is 22.3 Å². The van der Waals surface area contributed by atoms with Crippen molar-refractivity contribution in [3.8, 4) is 6.07 Å². The highest BCUT2D eigenvalue weighted by Crippen LogP contribution is 2.64. The van der Waals surface area contributed by atoms with Gasteiger partial charge in [0.15, 0.2) is 0 Å². The minimum absolute atomic E-state index is 0.121. The Balaban J connectivity index is 1.58. The van der Waals surface area contributed by atoms with Gasteiger partial charge in [0, 0.05) is 11.3 Å². The van der Waals surface area contributed by atoms with E-state index in [1.165, 1.54) is 4.90 Å². The van der Waals surface area contributed by atoms with Crippen LogP contribution in [0.4, 0.5) is 5.69 Å². The fourth-order valence-corrected chi connectivity index (χ4v) is 6.09. The quantitative estimate of drug-likeness (QED) is 0.587. The molecule has 4 nitrogen and oxygen atoms in total. The average molecular weight is 390 g/mol. The summed E-state index contributed by atoms with van der Waals surface area (Å²) < 4.78 is 0. The molecule has 2 bridgehead atoms. The van der Waals surface area contributed by atoms with Crippen LogP contribution in [0.2, 0.25) is 0 Å². The van der Waals surface area contributed by atoms with Gasteiger partial charge in [-0.05, 0) is 46.5 Å². The van der Waals surface area contributed by atoms with Gasteiger partial charge in [0.2, 0.25) is 11.8 Å². The van der Waals surface area contributed by atoms with Crippen LogP contribution in [0.5, 0.6) is 0 Å². The van der Waals surface area contributed by atoms with Crippen molar-refractivity contribution in [2.24, 2.45) is 11.8 Å². The van der Waals surface area contributed by atoms with E-state index < -0.39 is 17.3 Å². The lowest BCUT2D eigenvalue weighted by Crippen LogP contribution is -2.51. The summed E-state index contributed by atoms with van der Waals surface area (Å²) in [5.74, 6) is -1.26. The van der Waals surface area contributed by atoms with Crippen molar-refractivity contribution < 1.29 is 9.59 Å². The molecule has 4 aliphatic rings. The highest BCUT2D eigenvalue weighted by molar-refractivity contribution is 6.23. The van der Waals surface area contributed by atoms with Crippen molar-refractivity contribution in [2.75, 3.05) is 4.90 Å². The summed E-state index contributed by atoms with van der Waals surface area (Å²) in [5.41, 5.74) is 5.10. The number of hydrogen-bond donors (Lipinski definition) is 0. The molecule has 3 aromatic carbocycles. The molecule has 4 heteroatoms. The van der Waals surface area contributed by atoms with Crippen molar-refractivity contribution >= 4 is 17.5 Å². The van der Waals surface area contributed by atoms with E-state index in [0.29, 0.717) is 11.3 Å². The van der Waals surface area contributed by atoms with Crippen LogP contribution < -0.4 is 4.90 Å². The largest absolute Gasteiger partial charge is 0.274 e. The van der Waals surface area contributed by atoms with Crippen molar-refractivity contribution in [1.29, 1.82) is 5.26 Å². The van der Waals surface area contributed by atoms with E-state index in [1.54, 1.807) is 24.3 Å². The Morgan fingerprint density at radius 3 is 1.97 bits per heavy atom. The molecule has 1 aliphatic heterocycles. The van der Waals surface area contributed by atoms with Gasteiger partial charge in [0.1, 0.15) is 0 Å². The first-order valence-electron chi connectivity index (χ1n) is 10.1. The van der Waals surface area contributed by atoms with Crippen molar-refractivity contribution in [1.82, 2.24) is 0 Å². The number of hydrogen-bond acceptors (Lipinski definition) is 3. The molecular weight excluding hydrogens is 372 g/mol. The number of amides is 2. The van der Waals surface area contributed by atoms with E-state index >= 15 is 0 Å². The maximum Gasteiger partial charge on any atom is 0.238 e. The summed E-state index contributed by atoms with van der Waals surface area (Å²) >= 11 is 0. The third-order valence-electron chi connectivity index (χ3n) is 7.30. The first-order valence-corrected chi connectivity index (χ1v) is 10.1. The fourth-order valence-electron chi connectivity index (χ4n) is 6.09. The molecule has 3 aromatic rings. The second kappa shape index (κ2) is 5.67. The molecule has 144 valence electrons. The summed E-state index contributed by atoms with van der Waals surface area (Å²) in [6.07, 6.45) is 0. The molecule has 2 atom stereocenters. The number of carbonyl (C=O) groups is 2.